The maximum Gasteiger partial charge on any atom is 0.288 e. The van der Waals surface area contributed by atoms with E-state index in [0.29, 0.717) is 10.9 Å². The predicted octanol–water partition coefficient (Wildman–Crippen LogP) is 3.40. The Morgan fingerprint density at radius 3 is 2.48 bits per heavy atom. The molecule has 4 rings (SSSR count). The Bertz CT molecular complexity index is 966. The van der Waals surface area contributed by atoms with Crippen LogP contribution in [0.15, 0.2) is 59.8 Å². The van der Waals surface area contributed by atoms with Gasteiger partial charge < -0.3 is 14.5 Å². The molecule has 1 aromatic carbocycles. The minimum atomic E-state index is 0.0372. The third-order valence-electron chi connectivity index (χ3n) is 4.88. The van der Waals surface area contributed by atoms with Gasteiger partial charge in [0.05, 0.1) is 24.7 Å². The summed E-state index contributed by atoms with van der Waals surface area (Å²) in [6, 6.07) is 15.7. The van der Waals surface area contributed by atoms with E-state index in [1.807, 2.05) is 52.0 Å². The van der Waals surface area contributed by atoms with Gasteiger partial charge in [0.25, 0.3) is 5.24 Å². The van der Waals surface area contributed by atoms with Crippen molar-refractivity contribution in [2.24, 2.45) is 0 Å². The highest BCUT2D eigenvalue weighted by atomic mass is 32.2. The van der Waals surface area contributed by atoms with Crippen molar-refractivity contribution in [2.45, 2.75) is 5.03 Å². The summed E-state index contributed by atoms with van der Waals surface area (Å²) in [5.41, 5.74) is 2.74. The third-order valence-corrected chi connectivity index (χ3v) is 5.73. The van der Waals surface area contributed by atoms with Gasteiger partial charge in [-0.2, -0.15) is 5.10 Å². The van der Waals surface area contributed by atoms with Crippen molar-refractivity contribution in [1.82, 2.24) is 24.6 Å². The van der Waals surface area contributed by atoms with E-state index in [2.05, 4.69) is 16.9 Å². The van der Waals surface area contributed by atoms with E-state index in [1.165, 1.54) is 11.8 Å². The molecular formula is C21H23N5O2S. The van der Waals surface area contributed by atoms with E-state index >= 15 is 0 Å². The molecule has 1 amide bonds. The zero-order valence-corrected chi connectivity index (χ0v) is 17.3. The molecule has 0 unspecified atom stereocenters. The van der Waals surface area contributed by atoms with Gasteiger partial charge >= 0.3 is 0 Å². The number of hydrogen-bond donors (Lipinski definition) is 0. The van der Waals surface area contributed by atoms with E-state index in [9.17, 15) is 4.79 Å². The van der Waals surface area contributed by atoms with Gasteiger partial charge in [0, 0.05) is 37.8 Å². The Hall–Kier alpha value is -2.84. The quantitative estimate of drug-likeness (QED) is 0.616. The lowest BCUT2D eigenvalue weighted by molar-refractivity contribution is 0.172. The number of pyridine rings is 1. The first-order valence-corrected chi connectivity index (χ1v) is 10.3. The number of benzene rings is 1. The number of carbonyl (C=O) groups excluding carboxylic acids is 1. The second kappa shape index (κ2) is 8.67. The highest BCUT2D eigenvalue weighted by Crippen LogP contribution is 2.29. The van der Waals surface area contributed by atoms with Crippen molar-refractivity contribution in [3.8, 4) is 22.8 Å². The van der Waals surface area contributed by atoms with Crippen molar-refractivity contribution in [3.63, 3.8) is 0 Å². The van der Waals surface area contributed by atoms with Gasteiger partial charge in [0.1, 0.15) is 5.03 Å². The summed E-state index contributed by atoms with van der Waals surface area (Å²) >= 11 is 1.17. The van der Waals surface area contributed by atoms with Crippen molar-refractivity contribution in [1.29, 1.82) is 0 Å². The third kappa shape index (κ3) is 4.44. The number of piperazine rings is 1. The fourth-order valence-electron chi connectivity index (χ4n) is 3.18. The molecule has 0 aliphatic carbocycles. The predicted molar refractivity (Wildman–Crippen MR) is 114 cm³/mol. The van der Waals surface area contributed by atoms with Gasteiger partial charge in [-0.05, 0) is 30.9 Å². The molecular weight excluding hydrogens is 386 g/mol. The van der Waals surface area contributed by atoms with Crippen LogP contribution in [0.2, 0.25) is 0 Å². The zero-order valence-electron chi connectivity index (χ0n) is 16.5. The monoisotopic (exact) mass is 409 g/mol. The average molecular weight is 410 g/mol. The van der Waals surface area contributed by atoms with Crippen molar-refractivity contribution in [3.05, 3.63) is 54.7 Å². The maximum atomic E-state index is 12.7. The lowest BCUT2D eigenvalue weighted by atomic mass is 10.1. The summed E-state index contributed by atoms with van der Waals surface area (Å²) in [6.45, 7) is 3.29. The van der Waals surface area contributed by atoms with Crippen molar-refractivity contribution >= 4 is 17.0 Å². The highest BCUT2D eigenvalue weighted by molar-refractivity contribution is 8.13. The number of amides is 1. The molecule has 0 saturated carbocycles. The van der Waals surface area contributed by atoms with E-state index in [-0.39, 0.29) is 5.24 Å². The van der Waals surface area contributed by atoms with E-state index in [0.717, 1.165) is 43.1 Å². The number of likely N-dealkylation sites (N-methyl/N-ethyl adjacent to an activating group) is 1. The first-order valence-electron chi connectivity index (χ1n) is 9.45. The number of ether oxygens (including phenoxy) is 1. The minimum Gasteiger partial charge on any atom is -0.481 e. The van der Waals surface area contributed by atoms with Gasteiger partial charge in [-0.25, -0.2) is 9.67 Å². The average Bonchev–Trinajstić information content (AvgIpc) is 3.18. The van der Waals surface area contributed by atoms with Crippen LogP contribution in [0.5, 0.6) is 5.88 Å². The molecule has 7 nitrogen and oxygen atoms in total. The van der Waals surface area contributed by atoms with Gasteiger partial charge in [-0.15, -0.1) is 0 Å². The Labute approximate surface area is 174 Å². The summed E-state index contributed by atoms with van der Waals surface area (Å²) in [5.74, 6) is 0.544. The minimum absolute atomic E-state index is 0.0372. The van der Waals surface area contributed by atoms with Crippen LogP contribution in [0, 0.1) is 0 Å². The zero-order chi connectivity index (χ0) is 20.2. The molecule has 2 aromatic heterocycles. The topological polar surface area (TPSA) is 63.5 Å². The molecule has 8 heteroatoms. The molecule has 3 aromatic rings. The van der Waals surface area contributed by atoms with Crippen molar-refractivity contribution in [2.75, 3.05) is 40.3 Å². The Balaban J connectivity index is 1.63. The van der Waals surface area contributed by atoms with Gasteiger partial charge in [-0.1, -0.05) is 30.3 Å². The van der Waals surface area contributed by atoms with Crippen LogP contribution < -0.4 is 4.74 Å². The highest BCUT2D eigenvalue weighted by Gasteiger charge is 2.22. The van der Waals surface area contributed by atoms with Crippen LogP contribution >= 0.6 is 11.8 Å². The largest absolute Gasteiger partial charge is 0.481 e. The molecule has 150 valence electrons. The second-order valence-corrected chi connectivity index (χ2v) is 7.83. The van der Waals surface area contributed by atoms with Crippen LogP contribution in [-0.2, 0) is 0 Å². The van der Waals surface area contributed by atoms with Crippen molar-refractivity contribution < 1.29 is 9.53 Å². The number of rotatable bonds is 4. The Morgan fingerprint density at radius 1 is 1.07 bits per heavy atom. The van der Waals surface area contributed by atoms with E-state index < -0.39 is 0 Å². The fourth-order valence-corrected chi connectivity index (χ4v) is 3.97. The normalized spacial score (nSPS) is 14.8. The first-order chi connectivity index (χ1) is 14.1. The number of hydrogen-bond acceptors (Lipinski definition) is 6. The SMILES string of the molecule is COc1ccc(-n2nc(SC(=O)N3CCN(C)CC3)cc2-c2ccccc2)cn1. The summed E-state index contributed by atoms with van der Waals surface area (Å²) in [5, 5.41) is 5.41. The molecule has 3 heterocycles. The van der Waals surface area contributed by atoms with Gasteiger partial charge in [0.15, 0.2) is 0 Å². The molecule has 1 saturated heterocycles. The number of nitrogens with zero attached hydrogens (tertiary/aromatic N) is 5. The molecule has 0 N–H and O–H groups in total. The second-order valence-electron chi connectivity index (χ2n) is 6.86. The number of aromatic nitrogens is 3. The molecule has 1 aliphatic heterocycles. The summed E-state index contributed by atoms with van der Waals surface area (Å²) in [7, 11) is 3.66. The molecule has 0 spiro atoms. The fraction of sp³-hybridized carbons (Fsp3) is 0.286. The molecule has 1 fully saturated rings. The van der Waals surface area contributed by atoms with Crippen LogP contribution in [0.1, 0.15) is 0 Å². The first kappa shape index (κ1) is 19.5. The van der Waals surface area contributed by atoms with Crippen LogP contribution in [0.25, 0.3) is 16.9 Å². The standard InChI is InChI=1S/C21H23N5O2S/c1-24-10-12-25(13-11-24)21(27)29-20-14-18(16-6-4-3-5-7-16)26(23-20)17-8-9-19(28-2)22-15-17/h3-9,14-15H,10-13H2,1-2H3. The molecule has 0 atom stereocenters. The lowest BCUT2D eigenvalue weighted by Gasteiger charge is -2.31. The van der Waals surface area contributed by atoms with Crippen LogP contribution in [-0.4, -0.2) is 70.1 Å². The molecule has 29 heavy (non-hydrogen) atoms. The molecule has 1 aliphatic rings. The summed E-state index contributed by atoms with van der Waals surface area (Å²) in [4.78, 5) is 21.2. The van der Waals surface area contributed by atoms with Crippen LogP contribution in [0.4, 0.5) is 4.79 Å². The smallest absolute Gasteiger partial charge is 0.288 e. The Morgan fingerprint density at radius 2 is 1.83 bits per heavy atom. The molecule has 0 radical (unpaired) electrons. The number of carbonyl (C=O) groups is 1. The summed E-state index contributed by atoms with van der Waals surface area (Å²) < 4.78 is 6.97. The number of methoxy groups -OCH3 is 1. The van der Waals surface area contributed by atoms with Gasteiger partial charge in [-0.3, -0.25) is 4.79 Å². The molecule has 0 bridgehead atoms. The Kier molecular flexibility index (Phi) is 5.82. The maximum absolute atomic E-state index is 12.7. The summed E-state index contributed by atoms with van der Waals surface area (Å²) in [6.07, 6.45) is 1.72. The number of thioether (sulfide) groups is 1. The van der Waals surface area contributed by atoms with E-state index in [1.54, 1.807) is 19.4 Å². The van der Waals surface area contributed by atoms with E-state index in [4.69, 9.17) is 9.84 Å². The van der Waals surface area contributed by atoms with Gasteiger partial charge in [0.2, 0.25) is 5.88 Å². The van der Waals surface area contributed by atoms with Crippen LogP contribution in [0.3, 0.4) is 0 Å². The lowest BCUT2D eigenvalue weighted by Crippen LogP contribution is -2.45.